The van der Waals surface area contributed by atoms with Crippen LogP contribution in [0.15, 0.2) is 42.6 Å². The topological polar surface area (TPSA) is 71.5 Å². The summed E-state index contributed by atoms with van der Waals surface area (Å²) in [7, 11) is 1.59. The van der Waals surface area contributed by atoms with Gasteiger partial charge in [0.1, 0.15) is 0 Å². The molecule has 1 aromatic heterocycles. The second-order valence-electron chi connectivity index (χ2n) is 7.81. The van der Waals surface area contributed by atoms with E-state index in [0.29, 0.717) is 31.1 Å². The fraction of sp³-hybridized carbons (Fsp3) is 0.455. The van der Waals surface area contributed by atoms with Gasteiger partial charge < -0.3 is 15.2 Å². The lowest BCUT2D eigenvalue weighted by atomic mass is 9.75. The van der Waals surface area contributed by atoms with Gasteiger partial charge in [0.15, 0.2) is 0 Å². The highest BCUT2D eigenvalue weighted by atomic mass is 16.5. The molecule has 1 fully saturated rings. The summed E-state index contributed by atoms with van der Waals surface area (Å²) < 4.78 is 5.13. The summed E-state index contributed by atoms with van der Waals surface area (Å²) in [6.45, 7) is 0. The predicted molar refractivity (Wildman–Crippen MR) is 102 cm³/mol. The molecule has 0 unspecified atom stereocenters. The first kappa shape index (κ1) is 18.0. The van der Waals surface area contributed by atoms with Crippen LogP contribution < -0.4 is 10.1 Å². The Morgan fingerprint density at radius 1 is 1.22 bits per heavy atom. The molecular weight excluding hydrogens is 340 g/mol. The molecular formula is C22H26N2O3. The number of aromatic nitrogens is 1. The summed E-state index contributed by atoms with van der Waals surface area (Å²) in [6.07, 6.45) is 5.41. The quantitative estimate of drug-likeness (QED) is 0.825. The normalized spacial score (nSPS) is 22.6. The maximum Gasteiger partial charge on any atom is 0.220 e. The van der Waals surface area contributed by atoms with Crippen LogP contribution >= 0.6 is 0 Å². The number of rotatable bonds is 6. The molecule has 0 bridgehead atoms. The number of hydrogen-bond acceptors (Lipinski definition) is 4. The summed E-state index contributed by atoms with van der Waals surface area (Å²) >= 11 is 0. The number of nitrogens with zero attached hydrogens (tertiary/aromatic N) is 1. The number of benzene rings is 1. The molecule has 2 aromatic rings. The smallest absolute Gasteiger partial charge is 0.220 e. The average molecular weight is 366 g/mol. The molecule has 2 N–H and O–H groups in total. The van der Waals surface area contributed by atoms with Crippen LogP contribution in [0.5, 0.6) is 5.88 Å². The van der Waals surface area contributed by atoms with E-state index in [0.717, 1.165) is 18.4 Å². The number of fused-ring (bicyclic) bond motifs is 1. The highest BCUT2D eigenvalue weighted by molar-refractivity contribution is 5.77. The van der Waals surface area contributed by atoms with Gasteiger partial charge in [-0.3, -0.25) is 4.79 Å². The minimum Gasteiger partial charge on any atom is -0.481 e. The maximum atomic E-state index is 12.8. The first-order chi connectivity index (χ1) is 13.1. The number of ether oxygens (including phenoxy) is 1. The number of aliphatic hydroxyl groups is 1. The minimum atomic E-state index is -0.259. The van der Waals surface area contributed by atoms with E-state index in [1.54, 1.807) is 13.3 Å². The van der Waals surface area contributed by atoms with E-state index in [1.165, 1.54) is 11.1 Å². The van der Waals surface area contributed by atoms with Crippen molar-refractivity contribution in [2.24, 2.45) is 11.8 Å². The molecule has 1 amide bonds. The molecule has 27 heavy (non-hydrogen) atoms. The number of aliphatic hydroxyl groups excluding tert-OH is 1. The Bertz CT molecular complexity index is 774. The van der Waals surface area contributed by atoms with Gasteiger partial charge in [0.25, 0.3) is 0 Å². The van der Waals surface area contributed by atoms with Gasteiger partial charge in [0, 0.05) is 18.7 Å². The van der Waals surface area contributed by atoms with E-state index < -0.39 is 0 Å². The third kappa shape index (κ3) is 3.98. The highest BCUT2D eigenvalue weighted by Gasteiger charge is 2.36. The van der Waals surface area contributed by atoms with Crippen LogP contribution in [0.25, 0.3) is 0 Å². The van der Waals surface area contributed by atoms with Gasteiger partial charge in [0.05, 0.1) is 19.3 Å². The SMILES string of the molecule is COc1ccc([C@H](NC(=O)CC2Cc3ccccc3C2)C2CC(O)C2)cn1. The lowest BCUT2D eigenvalue weighted by molar-refractivity contribution is -0.123. The molecule has 1 atom stereocenters. The van der Waals surface area contributed by atoms with Crippen LogP contribution in [-0.2, 0) is 17.6 Å². The van der Waals surface area contributed by atoms with Gasteiger partial charge in [0.2, 0.25) is 11.8 Å². The van der Waals surface area contributed by atoms with E-state index in [4.69, 9.17) is 4.74 Å². The summed E-state index contributed by atoms with van der Waals surface area (Å²) in [5, 5.41) is 12.9. The molecule has 0 saturated heterocycles. The first-order valence-electron chi connectivity index (χ1n) is 9.66. The molecule has 142 valence electrons. The van der Waals surface area contributed by atoms with E-state index in [-0.39, 0.29) is 24.0 Å². The zero-order chi connectivity index (χ0) is 18.8. The van der Waals surface area contributed by atoms with Crippen molar-refractivity contribution in [1.82, 2.24) is 10.3 Å². The molecule has 1 heterocycles. The summed E-state index contributed by atoms with van der Waals surface area (Å²) in [5.41, 5.74) is 3.71. The van der Waals surface area contributed by atoms with Gasteiger partial charge in [-0.1, -0.05) is 30.3 Å². The first-order valence-corrected chi connectivity index (χ1v) is 9.66. The largest absolute Gasteiger partial charge is 0.481 e. The molecule has 0 aliphatic heterocycles. The molecule has 2 aliphatic carbocycles. The second kappa shape index (κ2) is 7.69. The molecule has 1 aromatic carbocycles. The Labute approximate surface area is 159 Å². The Morgan fingerprint density at radius 3 is 2.48 bits per heavy atom. The van der Waals surface area contributed by atoms with Gasteiger partial charge in [-0.05, 0) is 54.2 Å². The number of hydrogen-bond donors (Lipinski definition) is 2. The molecule has 0 radical (unpaired) electrons. The number of amides is 1. The summed E-state index contributed by atoms with van der Waals surface area (Å²) in [5.74, 6) is 1.25. The zero-order valence-electron chi connectivity index (χ0n) is 15.6. The predicted octanol–water partition coefficient (Wildman–Crippen LogP) is 2.82. The lowest BCUT2D eigenvalue weighted by Gasteiger charge is -2.38. The molecule has 2 aliphatic rings. The van der Waals surface area contributed by atoms with Gasteiger partial charge in [-0.25, -0.2) is 4.98 Å². The van der Waals surface area contributed by atoms with Crippen molar-refractivity contribution in [3.05, 3.63) is 59.3 Å². The molecule has 5 nitrogen and oxygen atoms in total. The standard InChI is InChI=1S/C22H26N2O3/c1-27-21-7-6-17(13-23-21)22(18-11-19(25)12-18)24-20(26)10-14-8-15-4-2-3-5-16(15)9-14/h2-7,13-14,18-19,22,25H,8-12H2,1H3,(H,24,26)/t18?,19?,22-/m0/s1. The maximum absolute atomic E-state index is 12.8. The van der Waals surface area contributed by atoms with Gasteiger partial charge in [-0.2, -0.15) is 0 Å². The minimum absolute atomic E-state index is 0.0787. The van der Waals surface area contributed by atoms with Crippen LogP contribution in [0.2, 0.25) is 0 Å². The van der Waals surface area contributed by atoms with Crippen LogP contribution in [0.4, 0.5) is 0 Å². The van der Waals surface area contributed by atoms with Crippen LogP contribution in [-0.4, -0.2) is 29.2 Å². The Kier molecular flexibility index (Phi) is 5.12. The molecule has 4 rings (SSSR count). The van der Waals surface area contributed by atoms with Gasteiger partial charge >= 0.3 is 0 Å². The monoisotopic (exact) mass is 366 g/mol. The van der Waals surface area contributed by atoms with Crippen molar-refractivity contribution in [1.29, 1.82) is 0 Å². The van der Waals surface area contributed by atoms with Crippen molar-refractivity contribution in [3.63, 3.8) is 0 Å². The van der Waals surface area contributed by atoms with Crippen molar-refractivity contribution in [2.75, 3.05) is 7.11 Å². The number of methoxy groups -OCH3 is 1. The van der Waals surface area contributed by atoms with Crippen LogP contribution in [0.3, 0.4) is 0 Å². The van der Waals surface area contributed by atoms with Crippen molar-refractivity contribution >= 4 is 5.91 Å². The van der Waals surface area contributed by atoms with E-state index in [2.05, 4.69) is 34.6 Å². The second-order valence-corrected chi connectivity index (χ2v) is 7.81. The van der Waals surface area contributed by atoms with Crippen molar-refractivity contribution in [2.45, 2.75) is 44.2 Å². The molecule has 1 saturated carbocycles. The van der Waals surface area contributed by atoms with Crippen LogP contribution in [0, 0.1) is 11.8 Å². The van der Waals surface area contributed by atoms with Crippen molar-refractivity contribution in [3.8, 4) is 5.88 Å². The summed E-state index contributed by atoms with van der Waals surface area (Å²) in [4.78, 5) is 17.0. The van der Waals surface area contributed by atoms with E-state index >= 15 is 0 Å². The summed E-state index contributed by atoms with van der Waals surface area (Å²) in [6, 6.07) is 12.1. The van der Waals surface area contributed by atoms with Gasteiger partial charge in [-0.15, -0.1) is 0 Å². The Balaban J connectivity index is 1.41. The van der Waals surface area contributed by atoms with Crippen LogP contribution in [0.1, 0.15) is 42.0 Å². The third-order valence-corrected chi connectivity index (χ3v) is 5.87. The average Bonchev–Trinajstić information content (AvgIpc) is 3.06. The zero-order valence-corrected chi connectivity index (χ0v) is 15.6. The lowest BCUT2D eigenvalue weighted by Crippen LogP contribution is -2.41. The molecule has 0 spiro atoms. The number of carbonyl (C=O) groups excluding carboxylic acids is 1. The highest BCUT2D eigenvalue weighted by Crippen LogP contribution is 2.38. The number of nitrogens with one attached hydrogen (secondary N) is 1. The van der Waals surface area contributed by atoms with Crippen molar-refractivity contribution < 1.29 is 14.6 Å². The van der Waals surface area contributed by atoms with E-state index in [9.17, 15) is 9.90 Å². The van der Waals surface area contributed by atoms with E-state index in [1.807, 2.05) is 12.1 Å². The number of carbonyl (C=O) groups is 1. The third-order valence-electron chi connectivity index (χ3n) is 5.87. The fourth-order valence-electron chi connectivity index (χ4n) is 4.36. The fourth-order valence-corrected chi connectivity index (χ4v) is 4.36. The Morgan fingerprint density at radius 2 is 1.93 bits per heavy atom. The number of pyridine rings is 1. The Hall–Kier alpha value is -2.40. The molecule has 5 heteroatoms.